The number of nitrogen functional groups attached to an aromatic ring is 1. The summed E-state index contributed by atoms with van der Waals surface area (Å²) in [6, 6.07) is 7.37. The third-order valence-electron chi connectivity index (χ3n) is 5.31. The average molecular weight is 439 g/mol. The van der Waals surface area contributed by atoms with E-state index in [4.69, 9.17) is 10.5 Å². The van der Waals surface area contributed by atoms with Crippen LogP contribution < -0.4 is 15.9 Å². The lowest BCUT2D eigenvalue weighted by Crippen LogP contribution is -2.31. The Morgan fingerprint density at radius 2 is 1.97 bits per heavy atom. The van der Waals surface area contributed by atoms with Crippen molar-refractivity contribution in [2.75, 3.05) is 25.9 Å². The monoisotopic (exact) mass is 439 g/mol. The Balaban J connectivity index is 1.59. The number of anilines is 1. The van der Waals surface area contributed by atoms with Crippen molar-refractivity contribution in [2.45, 2.75) is 32.7 Å². The second kappa shape index (κ2) is 9.56. The first-order valence-electron chi connectivity index (χ1n) is 10.3. The third-order valence-corrected chi connectivity index (χ3v) is 5.31. The highest BCUT2D eigenvalue weighted by atomic mass is 16.6. The van der Waals surface area contributed by atoms with Crippen molar-refractivity contribution in [3.63, 3.8) is 0 Å². The number of hydrogen-bond acceptors (Lipinski definition) is 10. The molecule has 4 rings (SSSR count). The zero-order valence-electron chi connectivity index (χ0n) is 18.0. The molecule has 0 unspecified atom stereocenters. The van der Waals surface area contributed by atoms with Crippen molar-refractivity contribution < 1.29 is 14.2 Å². The number of rotatable bonds is 7. The molecule has 0 spiro atoms. The summed E-state index contributed by atoms with van der Waals surface area (Å²) < 4.78 is 11.1. The van der Waals surface area contributed by atoms with Gasteiger partial charge in [0.2, 0.25) is 11.6 Å². The molecule has 1 aliphatic rings. The first-order chi connectivity index (χ1) is 15.6. The Labute approximate surface area is 184 Å². The molecule has 3 aromatic rings. The molecule has 0 bridgehead atoms. The highest BCUT2D eigenvalue weighted by Crippen LogP contribution is 2.19. The fourth-order valence-electron chi connectivity index (χ4n) is 3.55. The number of aromatic nitrogens is 5. The number of amides is 1. The molecule has 0 atom stereocenters. The highest BCUT2D eigenvalue weighted by Gasteiger charge is 2.26. The largest absolute Gasteiger partial charge is 0.497 e. The van der Waals surface area contributed by atoms with Gasteiger partial charge in [0.05, 0.1) is 12.8 Å². The number of carbonyl (C=O) groups excluding carboxylic acids is 1. The van der Waals surface area contributed by atoms with Crippen LogP contribution in [0.25, 0.3) is 5.82 Å². The summed E-state index contributed by atoms with van der Waals surface area (Å²) >= 11 is 0. The number of methoxy groups -OCH3 is 1. The molecule has 1 saturated heterocycles. The summed E-state index contributed by atoms with van der Waals surface area (Å²) in [6.45, 7) is 4.16. The minimum Gasteiger partial charge on any atom is -0.497 e. The SMILES string of the molecule is COc1ccc(C(C)=NNC(=O)c2c(CN3CCCCC3)nnn2-c2nonc2N)cc1. The van der Waals surface area contributed by atoms with E-state index in [0.717, 1.165) is 37.2 Å². The lowest BCUT2D eigenvalue weighted by Gasteiger charge is -2.25. The first-order valence-corrected chi connectivity index (χ1v) is 10.3. The molecule has 0 saturated carbocycles. The number of benzene rings is 1. The molecule has 168 valence electrons. The predicted octanol–water partition coefficient (Wildman–Crippen LogP) is 1.38. The Morgan fingerprint density at radius 3 is 2.62 bits per heavy atom. The number of carbonyl (C=O) groups is 1. The van der Waals surface area contributed by atoms with Gasteiger partial charge in [-0.05, 0) is 73.0 Å². The Morgan fingerprint density at radius 1 is 1.22 bits per heavy atom. The molecule has 32 heavy (non-hydrogen) atoms. The van der Waals surface area contributed by atoms with Gasteiger partial charge < -0.3 is 10.5 Å². The molecule has 0 aliphatic carbocycles. The van der Waals surface area contributed by atoms with Crippen LogP contribution in [0.4, 0.5) is 5.82 Å². The standard InChI is InChI=1S/C20H25N9O3/c1-13(14-6-8-15(31-2)9-7-14)22-24-20(30)17-16(12-28-10-4-3-5-11-28)23-27-29(17)19-18(21)25-32-26-19/h6-9H,3-5,10-12H2,1-2H3,(H2,21,25)(H,24,30). The van der Waals surface area contributed by atoms with Crippen LogP contribution in [0.3, 0.4) is 0 Å². The third kappa shape index (κ3) is 4.59. The Kier molecular flexibility index (Phi) is 6.40. The van der Waals surface area contributed by atoms with Gasteiger partial charge in [-0.2, -0.15) is 9.78 Å². The van der Waals surface area contributed by atoms with E-state index in [0.29, 0.717) is 18.0 Å². The van der Waals surface area contributed by atoms with Crippen molar-refractivity contribution in [1.82, 2.24) is 35.6 Å². The maximum absolute atomic E-state index is 13.2. The minimum atomic E-state index is -0.489. The Hall–Kier alpha value is -3.80. The molecule has 12 heteroatoms. The number of ether oxygens (including phenoxy) is 1. The smallest absolute Gasteiger partial charge is 0.292 e. The van der Waals surface area contributed by atoms with E-state index in [2.05, 4.69) is 40.7 Å². The molecule has 2 aromatic heterocycles. The molecule has 1 aliphatic heterocycles. The van der Waals surface area contributed by atoms with Gasteiger partial charge in [-0.15, -0.1) is 5.10 Å². The van der Waals surface area contributed by atoms with Gasteiger partial charge in [0.15, 0.2) is 5.69 Å². The molecule has 3 heterocycles. The van der Waals surface area contributed by atoms with E-state index < -0.39 is 5.91 Å². The van der Waals surface area contributed by atoms with E-state index in [1.807, 2.05) is 24.3 Å². The van der Waals surface area contributed by atoms with Gasteiger partial charge in [0.1, 0.15) is 11.4 Å². The molecule has 0 radical (unpaired) electrons. The van der Waals surface area contributed by atoms with E-state index in [9.17, 15) is 4.79 Å². The molecular formula is C20H25N9O3. The van der Waals surface area contributed by atoms with Crippen molar-refractivity contribution in [2.24, 2.45) is 5.10 Å². The number of hydrazone groups is 1. The summed E-state index contributed by atoms with van der Waals surface area (Å²) in [5.74, 6) is 0.355. The van der Waals surface area contributed by atoms with Crippen LogP contribution in [-0.4, -0.2) is 62.0 Å². The quantitative estimate of drug-likeness (QED) is 0.411. The summed E-state index contributed by atoms with van der Waals surface area (Å²) in [6.07, 6.45) is 3.43. The van der Waals surface area contributed by atoms with Crippen molar-refractivity contribution in [1.29, 1.82) is 0 Å². The van der Waals surface area contributed by atoms with Crippen molar-refractivity contribution >= 4 is 17.4 Å². The van der Waals surface area contributed by atoms with E-state index in [1.165, 1.54) is 11.1 Å². The van der Waals surface area contributed by atoms with E-state index >= 15 is 0 Å². The van der Waals surface area contributed by atoms with Gasteiger partial charge >= 0.3 is 0 Å². The van der Waals surface area contributed by atoms with Crippen LogP contribution in [-0.2, 0) is 6.54 Å². The molecule has 12 nitrogen and oxygen atoms in total. The predicted molar refractivity (Wildman–Crippen MR) is 115 cm³/mol. The van der Waals surface area contributed by atoms with Crippen LogP contribution in [0.1, 0.15) is 47.9 Å². The molecule has 1 fully saturated rings. The second-order valence-corrected chi connectivity index (χ2v) is 7.47. The van der Waals surface area contributed by atoms with Crippen LogP contribution in [0.5, 0.6) is 5.75 Å². The van der Waals surface area contributed by atoms with Gasteiger partial charge in [-0.25, -0.2) is 10.1 Å². The lowest BCUT2D eigenvalue weighted by molar-refractivity contribution is 0.0944. The zero-order valence-corrected chi connectivity index (χ0v) is 18.0. The number of nitrogens with one attached hydrogen (secondary N) is 1. The van der Waals surface area contributed by atoms with E-state index in [-0.39, 0.29) is 17.3 Å². The number of hydrogen-bond donors (Lipinski definition) is 2. The number of nitrogens with two attached hydrogens (primary N) is 1. The van der Waals surface area contributed by atoms with Gasteiger partial charge in [-0.3, -0.25) is 9.69 Å². The van der Waals surface area contributed by atoms with Crippen molar-refractivity contribution in [3.05, 3.63) is 41.2 Å². The normalized spacial score (nSPS) is 15.0. The Bertz CT molecular complexity index is 1100. The van der Waals surface area contributed by atoms with Crippen LogP contribution >= 0.6 is 0 Å². The topological polar surface area (TPSA) is 150 Å². The minimum absolute atomic E-state index is 0.00591. The highest BCUT2D eigenvalue weighted by molar-refractivity contribution is 6.00. The van der Waals surface area contributed by atoms with Gasteiger partial charge in [-0.1, -0.05) is 11.6 Å². The molecule has 1 aromatic carbocycles. The fourth-order valence-corrected chi connectivity index (χ4v) is 3.55. The number of likely N-dealkylation sites (tertiary alicyclic amines) is 1. The molecule has 3 N–H and O–H groups in total. The lowest BCUT2D eigenvalue weighted by atomic mass is 10.1. The number of piperidine rings is 1. The maximum atomic E-state index is 13.2. The molecule has 1 amide bonds. The summed E-state index contributed by atoms with van der Waals surface area (Å²) in [7, 11) is 1.60. The van der Waals surface area contributed by atoms with Crippen LogP contribution in [0, 0.1) is 0 Å². The van der Waals surface area contributed by atoms with E-state index in [1.54, 1.807) is 14.0 Å². The molecular weight excluding hydrogens is 414 g/mol. The van der Waals surface area contributed by atoms with Crippen LogP contribution in [0.2, 0.25) is 0 Å². The van der Waals surface area contributed by atoms with Gasteiger partial charge in [0.25, 0.3) is 5.91 Å². The second-order valence-electron chi connectivity index (χ2n) is 7.47. The fraction of sp³-hybridized carbons (Fsp3) is 0.400. The number of nitrogens with zero attached hydrogens (tertiary/aromatic N) is 7. The van der Waals surface area contributed by atoms with Crippen molar-refractivity contribution in [3.8, 4) is 11.6 Å². The summed E-state index contributed by atoms with van der Waals surface area (Å²) in [4.78, 5) is 15.4. The zero-order chi connectivity index (χ0) is 22.5. The van der Waals surface area contributed by atoms with Gasteiger partial charge in [0, 0.05) is 6.54 Å². The van der Waals surface area contributed by atoms with Crippen LogP contribution in [0.15, 0.2) is 34.0 Å². The first kappa shape index (κ1) is 21.4. The average Bonchev–Trinajstić information content (AvgIpc) is 3.43. The maximum Gasteiger partial charge on any atom is 0.292 e. The summed E-state index contributed by atoms with van der Waals surface area (Å²) in [5, 5.41) is 19.9. The summed E-state index contributed by atoms with van der Waals surface area (Å²) in [5.41, 5.74) is 10.6.